The zero-order valence-corrected chi connectivity index (χ0v) is 7.11. The predicted molar refractivity (Wildman–Crippen MR) is 43.1 cm³/mol. The number of hydrogen-bond donors (Lipinski definition) is 1. The highest BCUT2D eigenvalue weighted by Crippen LogP contribution is 2.35. The summed E-state index contributed by atoms with van der Waals surface area (Å²) in [6.45, 7) is 0. The van der Waals surface area contributed by atoms with Crippen LogP contribution < -0.4 is 5.73 Å². The van der Waals surface area contributed by atoms with Crippen molar-refractivity contribution in [2.45, 2.75) is 0 Å². The van der Waals surface area contributed by atoms with E-state index in [4.69, 9.17) is 5.73 Å². The second kappa shape index (κ2) is 2.55. The highest BCUT2D eigenvalue weighted by atomic mass is 79.9. The quantitative estimate of drug-likeness (QED) is 0.584. The Bertz CT molecular complexity index is 272. The Morgan fingerprint density at radius 3 is 2.60 bits per heavy atom. The Balaban J connectivity index is 3.15. The summed E-state index contributed by atoms with van der Waals surface area (Å²) >= 11 is 3.96. The van der Waals surface area contributed by atoms with Crippen molar-refractivity contribution >= 4 is 37.3 Å². The molecule has 6 heteroatoms. The highest BCUT2D eigenvalue weighted by molar-refractivity contribution is 9.10. The molecule has 0 saturated heterocycles. The number of nitrogens with zero attached hydrogens (tertiary/aromatic N) is 1. The van der Waals surface area contributed by atoms with E-state index < -0.39 is 4.92 Å². The molecule has 0 spiro atoms. The lowest BCUT2D eigenvalue weighted by Gasteiger charge is -1.81. The van der Waals surface area contributed by atoms with Gasteiger partial charge in [-0.15, -0.1) is 0 Å². The molecule has 1 aromatic heterocycles. The molecule has 54 valence electrons. The average Bonchev–Trinajstić information content (AvgIpc) is 2.10. The van der Waals surface area contributed by atoms with Gasteiger partial charge >= 0.3 is 5.00 Å². The van der Waals surface area contributed by atoms with Gasteiger partial charge in [-0.3, -0.25) is 10.1 Å². The lowest BCUT2D eigenvalue weighted by molar-refractivity contribution is -0.380. The van der Waals surface area contributed by atoms with Crippen LogP contribution >= 0.6 is 27.3 Å². The second-order valence-corrected chi connectivity index (χ2v) is 3.48. The molecule has 1 rings (SSSR count). The lowest BCUT2D eigenvalue weighted by atomic mass is 10.6. The van der Waals surface area contributed by atoms with Gasteiger partial charge in [-0.25, -0.2) is 0 Å². The Kier molecular flexibility index (Phi) is 1.91. The molecule has 0 saturated carbocycles. The molecule has 2 N–H and O–H groups in total. The number of thiophene rings is 1. The van der Waals surface area contributed by atoms with E-state index in [9.17, 15) is 10.1 Å². The molecule has 1 heterocycles. The Morgan fingerprint density at radius 1 is 1.80 bits per heavy atom. The molecule has 1 aromatic rings. The van der Waals surface area contributed by atoms with Gasteiger partial charge in [-0.05, 0) is 33.3 Å². The minimum Gasteiger partial charge on any atom is -0.390 e. The molecular formula is C4H3BrN2O2S. The van der Waals surface area contributed by atoms with E-state index in [1.54, 1.807) is 0 Å². The maximum atomic E-state index is 10.2. The number of nitrogen functional groups attached to an aromatic ring is 1. The molecular weight excluding hydrogens is 220 g/mol. The number of rotatable bonds is 1. The van der Waals surface area contributed by atoms with Crippen LogP contribution in [0.1, 0.15) is 0 Å². The van der Waals surface area contributed by atoms with E-state index in [1.807, 2.05) is 0 Å². The molecule has 0 unspecified atom stereocenters. The molecule has 0 bridgehead atoms. The van der Waals surface area contributed by atoms with E-state index >= 15 is 0 Å². The van der Waals surface area contributed by atoms with Gasteiger partial charge in [0.2, 0.25) is 0 Å². The maximum Gasteiger partial charge on any atom is 0.340 e. The first-order chi connectivity index (χ1) is 4.61. The van der Waals surface area contributed by atoms with Crippen molar-refractivity contribution in [1.82, 2.24) is 0 Å². The molecule has 0 radical (unpaired) electrons. The fraction of sp³-hybridized carbons (Fsp3) is 0. The monoisotopic (exact) mass is 222 g/mol. The maximum absolute atomic E-state index is 10.2. The van der Waals surface area contributed by atoms with Gasteiger partial charge in [-0.2, -0.15) is 0 Å². The van der Waals surface area contributed by atoms with E-state index in [1.165, 1.54) is 6.07 Å². The van der Waals surface area contributed by atoms with E-state index in [2.05, 4.69) is 15.9 Å². The van der Waals surface area contributed by atoms with Crippen LogP contribution in [0.4, 0.5) is 10.0 Å². The summed E-state index contributed by atoms with van der Waals surface area (Å²) in [6.07, 6.45) is 0. The van der Waals surface area contributed by atoms with Crippen LogP contribution in [0.2, 0.25) is 0 Å². The molecule has 0 aromatic carbocycles. The second-order valence-electron chi connectivity index (χ2n) is 1.56. The smallest absolute Gasteiger partial charge is 0.340 e. The van der Waals surface area contributed by atoms with Crippen molar-refractivity contribution in [2.24, 2.45) is 0 Å². The van der Waals surface area contributed by atoms with Crippen LogP contribution in [0.5, 0.6) is 0 Å². The minimum atomic E-state index is -0.467. The number of hydrogen-bond acceptors (Lipinski definition) is 4. The molecule has 4 nitrogen and oxygen atoms in total. The van der Waals surface area contributed by atoms with E-state index in [-0.39, 0.29) is 5.00 Å². The van der Waals surface area contributed by atoms with Crippen molar-refractivity contribution < 1.29 is 4.92 Å². The van der Waals surface area contributed by atoms with Gasteiger partial charge in [0.25, 0.3) is 0 Å². The SMILES string of the molecule is Nc1cc(Br)c([N+](=O)[O-])s1. The van der Waals surface area contributed by atoms with Crippen molar-refractivity contribution in [1.29, 1.82) is 0 Å². The molecule has 0 aliphatic rings. The Morgan fingerprint density at radius 2 is 2.40 bits per heavy atom. The van der Waals surface area contributed by atoms with Gasteiger partial charge in [0, 0.05) is 0 Å². The number of nitrogens with two attached hydrogens (primary N) is 1. The first kappa shape index (κ1) is 7.49. The summed E-state index contributed by atoms with van der Waals surface area (Å²) in [5.74, 6) is 0. The third kappa shape index (κ3) is 1.27. The first-order valence-electron chi connectivity index (χ1n) is 2.30. The van der Waals surface area contributed by atoms with Crippen molar-refractivity contribution in [3.8, 4) is 0 Å². The number of halogens is 1. The summed E-state index contributed by atoms with van der Waals surface area (Å²) in [5, 5.41) is 10.7. The summed E-state index contributed by atoms with van der Waals surface area (Å²) in [7, 11) is 0. The molecule has 0 amide bonds. The predicted octanol–water partition coefficient (Wildman–Crippen LogP) is 2.00. The average molecular weight is 223 g/mol. The summed E-state index contributed by atoms with van der Waals surface area (Å²) in [5.41, 5.74) is 5.30. The van der Waals surface area contributed by atoms with E-state index in [0.29, 0.717) is 9.47 Å². The standard InChI is InChI=1S/C4H3BrN2O2S/c5-2-1-3(6)10-4(2)7(8)9/h1H,6H2. The summed E-state index contributed by atoms with van der Waals surface area (Å²) in [4.78, 5) is 9.70. The van der Waals surface area contributed by atoms with Crippen LogP contribution in [-0.2, 0) is 0 Å². The number of anilines is 1. The number of nitro groups is 1. The van der Waals surface area contributed by atoms with Crippen LogP contribution in [0.25, 0.3) is 0 Å². The third-order valence-corrected chi connectivity index (χ3v) is 2.64. The minimum absolute atomic E-state index is 0.0532. The van der Waals surface area contributed by atoms with Gasteiger partial charge in [-0.1, -0.05) is 0 Å². The van der Waals surface area contributed by atoms with Gasteiger partial charge in [0.15, 0.2) is 0 Å². The molecule has 0 aliphatic heterocycles. The van der Waals surface area contributed by atoms with Crippen LogP contribution in [0.15, 0.2) is 10.5 Å². The molecule has 0 aliphatic carbocycles. The topological polar surface area (TPSA) is 69.2 Å². The fourth-order valence-electron chi connectivity index (χ4n) is 0.501. The van der Waals surface area contributed by atoms with Crippen LogP contribution in [0, 0.1) is 10.1 Å². The zero-order valence-electron chi connectivity index (χ0n) is 4.70. The molecule has 0 fully saturated rings. The van der Waals surface area contributed by atoms with Gasteiger partial charge in [0.1, 0.15) is 4.47 Å². The van der Waals surface area contributed by atoms with Gasteiger partial charge in [0.05, 0.1) is 9.92 Å². The first-order valence-corrected chi connectivity index (χ1v) is 3.91. The lowest BCUT2D eigenvalue weighted by Crippen LogP contribution is -1.82. The summed E-state index contributed by atoms with van der Waals surface area (Å²) in [6, 6.07) is 1.52. The van der Waals surface area contributed by atoms with Gasteiger partial charge < -0.3 is 5.73 Å². The summed E-state index contributed by atoms with van der Waals surface area (Å²) < 4.78 is 0.444. The normalized spacial score (nSPS) is 9.70. The van der Waals surface area contributed by atoms with E-state index in [0.717, 1.165) is 11.3 Å². The Labute approximate surface area is 68.9 Å². The fourth-order valence-corrected chi connectivity index (χ4v) is 1.92. The van der Waals surface area contributed by atoms with Crippen LogP contribution in [0.3, 0.4) is 0 Å². The van der Waals surface area contributed by atoms with Crippen molar-refractivity contribution in [2.75, 3.05) is 5.73 Å². The largest absolute Gasteiger partial charge is 0.390 e. The van der Waals surface area contributed by atoms with Crippen molar-refractivity contribution in [3.63, 3.8) is 0 Å². The zero-order chi connectivity index (χ0) is 7.72. The Hall–Kier alpha value is -0.620. The van der Waals surface area contributed by atoms with Crippen LogP contribution in [-0.4, -0.2) is 4.92 Å². The molecule has 10 heavy (non-hydrogen) atoms. The van der Waals surface area contributed by atoms with Crippen molar-refractivity contribution in [3.05, 3.63) is 20.7 Å². The highest BCUT2D eigenvalue weighted by Gasteiger charge is 2.14. The third-order valence-electron chi connectivity index (χ3n) is 0.854. The molecule has 0 atom stereocenters.